The highest BCUT2D eigenvalue weighted by atomic mass is 32.2. The monoisotopic (exact) mass is 476 g/mol. The third-order valence-corrected chi connectivity index (χ3v) is 5.79. The minimum atomic E-state index is -1.38. The average molecular weight is 477 g/mol. The summed E-state index contributed by atoms with van der Waals surface area (Å²) < 4.78 is 0. The van der Waals surface area contributed by atoms with Crippen LogP contribution in [0.5, 0.6) is 0 Å². The maximum Gasteiger partial charge on any atom is 0.326 e. The van der Waals surface area contributed by atoms with E-state index >= 15 is 0 Å². The molecule has 0 bridgehead atoms. The van der Waals surface area contributed by atoms with Crippen molar-refractivity contribution in [2.75, 3.05) is 12.0 Å². The van der Waals surface area contributed by atoms with Crippen LogP contribution in [0.25, 0.3) is 0 Å². The molecule has 6 atom stereocenters. The van der Waals surface area contributed by atoms with Crippen molar-refractivity contribution >= 4 is 35.5 Å². The second-order valence-corrected chi connectivity index (χ2v) is 9.50. The molecule has 0 radical (unpaired) electrons. The van der Waals surface area contributed by atoms with Gasteiger partial charge in [0.05, 0.1) is 12.1 Å². The third kappa shape index (κ3) is 10.6. The van der Waals surface area contributed by atoms with Crippen molar-refractivity contribution in [2.24, 2.45) is 17.6 Å². The first-order valence-corrected chi connectivity index (χ1v) is 12.3. The molecular weight excluding hydrogens is 436 g/mol. The van der Waals surface area contributed by atoms with Crippen molar-refractivity contribution in [3.05, 3.63) is 0 Å². The molecule has 0 rings (SSSR count). The van der Waals surface area contributed by atoms with Gasteiger partial charge in [-0.1, -0.05) is 34.1 Å². The number of thioether (sulfide) groups is 1. The molecule has 0 heterocycles. The zero-order valence-corrected chi connectivity index (χ0v) is 20.7. The highest BCUT2D eigenvalue weighted by Gasteiger charge is 2.34. The van der Waals surface area contributed by atoms with Gasteiger partial charge in [-0.2, -0.15) is 11.8 Å². The van der Waals surface area contributed by atoms with Crippen molar-refractivity contribution < 1.29 is 29.4 Å². The van der Waals surface area contributed by atoms with E-state index in [4.69, 9.17) is 5.73 Å². The molecule has 0 aliphatic carbocycles. The van der Waals surface area contributed by atoms with E-state index in [0.29, 0.717) is 18.6 Å². The highest BCUT2D eigenvalue weighted by Crippen LogP contribution is 2.11. The summed E-state index contributed by atoms with van der Waals surface area (Å²) in [6.07, 6.45) is 1.83. The summed E-state index contributed by atoms with van der Waals surface area (Å²) in [5, 5.41) is 26.9. The topological polar surface area (TPSA) is 171 Å². The summed E-state index contributed by atoms with van der Waals surface area (Å²) in [4.78, 5) is 49.5. The SMILES string of the molecule is CC[C@H](C)[C@H](NC(=O)[C@@H](N)CCSC)C(=O)N[C@H](C(=O)N[C@@H](CC(C)C)C(=O)O)[C@@H](C)O. The molecule has 0 aliphatic heterocycles. The number of rotatable bonds is 15. The molecule has 10 nitrogen and oxygen atoms in total. The van der Waals surface area contributed by atoms with E-state index in [0.717, 1.165) is 0 Å². The Morgan fingerprint density at radius 2 is 1.47 bits per heavy atom. The second kappa shape index (κ2) is 15.1. The smallest absolute Gasteiger partial charge is 0.326 e. The van der Waals surface area contributed by atoms with Gasteiger partial charge in [-0.3, -0.25) is 14.4 Å². The van der Waals surface area contributed by atoms with Crippen LogP contribution < -0.4 is 21.7 Å². The lowest BCUT2D eigenvalue weighted by atomic mass is 9.97. The van der Waals surface area contributed by atoms with Crippen LogP contribution in [0.15, 0.2) is 0 Å². The Hall–Kier alpha value is -1.85. The summed E-state index contributed by atoms with van der Waals surface area (Å²) in [7, 11) is 0. The number of nitrogens with one attached hydrogen (secondary N) is 3. The minimum Gasteiger partial charge on any atom is -0.480 e. The number of amides is 3. The average Bonchev–Trinajstić information content (AvgIpc) is 2.71. The quantitative estimate of drug-likeness (QED) is 0.193. The van der Waals surface area contributed by atoms with E-state index in [1.54, 1.807) is 18.7 Å². The van der Waals surface area contributed by atoms with Crippen molar-refractivity contribution in [1.82, 2.24) is 16.0 Å². The van der Waals surface area contributed by atoms with Crippen LogP contribution in [-0.2, 0) is 19.2 Å². The summed E-state index contributed by atoms with van der Waals surface area (Å²) in [6, 6.07) is -4.27. The molecule has 0 unspecified atom stereocenters. The van der Waals surface area contributed by atoms with Crippen LogP contribution in [0.2, 0.25) is 0 Å². The van der Waals surface area contributed by atoms with Crippen LogP contribution in [0.3, 0.4) is 0 Å². The molecule has 0 aliphatic rings. The first kappa shape index (κ1) is 30.1. The fourth-order valence-electron chi connectivity index (χ4n) is 2.94. The summed E-state index contributed by atoms with van der Waals surface area (Å²) in [5.74, 6) is -2.70. The zero-order chi connectivity index (χ0) is 25.0. The van der Waals surface area contributed by atoms with Gasteiger partial charge >= 0.3 is 5.97 Å². The van der Waals surface area contributed by atoms with Crippen molar-refractivity contribution in [3.8, 4) is 0 Å². The van der Waals surface area contributed by atoms with Crippen LogP contribution in [0.4, 0.5) is 0 Å². The lowest BCUT2D eigenvalue weighted by Gasteiger charge is -2.29. The van der Waals surface area contributed by atoms with Gasteiger partial charge in [0.2, 0.25) is 17.7 Å². The normalized spacial score (nSPS) is 16.9. The fraction of sp³-hybridized carbons (Fsp3) is 0.810. The molecule has 0 spiro atoms. The predicted molar refractivity (Wildman–Crippen MR) is 125 cm³/mol. The number of carboxylic acids is 1. The molecule has 0 aromatic heterocycles. The minimum absolute atomic E-state index is 0.0105. The highest BCUT2D eigenvalue weighted by molar-refractivity contribution is 7.98. The zero-order valence-electron chi connectivity index (χ0n) is 19.9. The number of carboxylic acid groups (broad SMARTS) is 1. The molecule has 186 valence electrons. The Morgan fingerprint density at radius 3 is 1.91 bits per heavy atom. The Labute approximate surface area is 194 Å². The molecule has 0 saturated heterocycles. The Kier molecular flexibility index (Phi) is 14.2. The molecule has 0 aromatic carbocycles. The second-order valence-electron chi connectivity index (χ2n) is 8.52. The third-order valence-electron chi connectivity index (χ3n) is 5.15. The van der Waals surface area contributed by atoms with Crippen LogP contribution >= 0.6 is 11.8 Å². The van der Waals surface area contributed by atoms with Gasteiger partial charge in [-0.25, -0.2) is 4.79 Å². The van der Waals surface area contributed by atoms with E-state index in [-0.39, 0.29) is 18.3 Å². The largest absolute Gasteiger partial charge is 0.480 e. The Balaban J connectivity index is 5.42. The van der Waals surface area contributed by atoms with E-state index in [2.05, 4.69) is 16.0 Å². The van der Waals surface area contributed by atoms with Crippen LogP contribution in [0, 0.1) is 11.8 Å². The van der Waals surface area contributed by atoms with E-state index in [9.17, 15) is 29.4 Å². The summed E-state index contributed by atoms with van der Waals surface area (Å²) in [6.45, 7) is 8.59. The van der Waals surface area contributed by atoms with Crippen LogP contribution in [0.1, 0.15) is 53.9 Å². The first-order chi connectivity index (χ1) is 14.8. The summed E-state index contributed by atoms with van der Waals surface area (Å²) in [5.41, 5.74) is 5.90. The standard InChI is InChI=1S/C21H40N4O6S/c1-7-12(4)16(24-18(27)14(22)8-9-32-6)19(28)25-17(13(5)26)20(29)23-15(21(30)31)10-11(2)3/h11-17,26H,7-10,22H2,1-6H3,(H,23,29)(H,24,27)(H,25,28)(H,30,31)/t12-,13+,14-,15-,16-,17-/m0/s1. The molecule has 0 aromatic rings. The number of aliphatic carboxylic acids is 1. The molecule has 0 fully saturated rings. The van der Waals surface area contributed by atoms with Gasteiger partial charge in [0.1, 0.15) is 18.1 Å². The Bertz CT molecular complexity index is 631. The maximum atomic E-state index is 13.0. The number of carbonyl (C=O) groups is 4. The van der Waals surface area contributed by atoms with Gasteiger partial charge in [0, 0.05) is 0 Å². The maximum absolute atomic E-state index is 13.0. The Morgan fingerprint density at radius 1 is 0.938 bits per heavy atom. The van der Waals surface area contributed by atoms with Crippen LogP contribution in [-0.4, -0.2) is 76.2 Å². The van der Waals surface area contributed by atoms with Crippen molar-refractivity contribution in [1.29, 1.82) is 0 Å². The van der Waals surface area contributed by atoms with Gasteiger partial charge in [0.15, 0.2) is 0 Å². The molecule has 3 amide bonds. The molecule has 7 N–H and O–H groups in total. The number of carbonyl (C=O) groups excluding carboxylic acids is 3. The number of nitrogens with two attached hydrogens (primary N) is 1. The summed E-state index contributed by atoms with van der Waals surface area (Å²) >= 11 is 1.56. The molecular formula is C21H40N4O6S. The van der Waals surface area contributed by atoms with Crippen molar-refractivity contribution in [2.45, 2.75) is 84.2 Å². The predicted octanol–water partition coefficient (Wildman–Crippen LogP) is 0.0788. The lowest BCUT2D eigenvalue weighted by Crippen LogP contribution is -2.61. The van der Waals surface area contributed by atoms with E-state index < -0.39 is 54.0 Å². The lowest BCUT2D eigenvalue weighted by molar-refractivity contribution is -0.143. The van der Waals surface area contributed by atoms with Gasteiger partial charge in [-0.05, 0) is 43.6 Å². The van der Waals surface area contributed by atoms with E-state index in [1.807, 2.05) is 27.0 Å². The molecule has 11 heteroatoms. The van der Waals surface area contributed by atoms with Gasteiger partial charge in [0.25, 0.3) is 0 Å². The number of aliphatic hydroxyl groups is 1. The number of hydrogen-bond donors (Lipinski definition) is 6. The first-order valence-electron chi connectivity index (χ1n) is 10.9. The number of hydrogen-bond acceptors (Lipinski definition) is 7. The number of aliphatic hydroxyl groups excluding tert-OH is 1. The van der Waals surface area contributed by atoms with E-state index in [1.165, 1.54) is 6.92 Å². The van der Waals surface area contributed by atoms with Crippen molar-refractivity contribution in [3.63, 3.8) is 0 Å². The molecule has 0 saturated carbocycles. The molecule has 32 heavy (non-hydrogen) atoms. The fourth-order valence-corrected chi connectivity index (χ4v) is 3.43. The van der Waals surface area contributed by atoms with Gasteiger partial charge in [-0.15, -0.1) is 0 Å². The van der Waals surface area contributed by atoms with Gasteiger partial charge < -0.3 is 31.9 Å².